The molecule has 0 aromatic rings. The van der Waals surface area contributed by atoms with E-state index in [0.717, 1.165) is 13.0 Å². The third-order valence-corrected chi connectivity index (χ3v) is 4.98. The van der Waals surface area contributed by atoms with Gasteiger partial charge in [0, 0.05) is 6.61 Å². The molecule has 0 saturated carbocycles. The Morgan fingerprint density at radius 3 is 2.04 bits per heavy atom. The fraction of sp³-hybridized carbons (Fsp3) is 0.905. The van der Waals surface area contributed by atoms with Crippen molar-refractivity contribution in [3.8, 4) is 0 Å². The number of hydrogen-bond acceptors (Lipinski definition) is 7. The lowest BCUT2D eigenvalue weighted by atomic mass is 9.99. The Morgan fingerprint density at radius 1 is 0.786 bits per heavy atom. The maximum absolute atomic E-state index is 9.85. The highest BCUT2D eigenvalue weighted by molar-refractivity contribution is 4.89. The van der Waals surface area contributed by atoms with Crippen molar-refractivity contribution in [2.75, 3.05) is 26.4 Å². The molecule has 4 N–H and O–H groups in total. The highest BCUT2D eigenvalue weighted by atomic mass is 16.7. The maximum Gasteiger partial charge on any atom is 0.187 e. The second-order valence-electron chi connectivity index (χ2n) is 7.41. The van der Waals surface area contributed by atoms with Crippen LogP contribution in [0.1, 0.15) is 64.7 Å². The van der Waals surface area contributed by atoms with E-state index in [4.69, 9.17) is 19.3 Å². The predicted octanol–water partition coefficient (Wildman–Crippen LogP) is 1.91. The Labute approximate surface area is 169 Å². The van der Waals surface area contributed by atoms with Gasteiger partial charge >= 0.3 is 0 Å². The monoisotopic (exact) mass is 404 g/mol. The fourth-order valence-electron chi connectivity index (χ4n) is 3.16. The second kappa shape index (κ2) is 16.3. The van der Waals surface area contributed by atoms with Crippen LogP contribution in [0.25, 0.3) is 0 Å². The van der Waals surface area contributed by atoms with Crippen LogP contribution in [0.3, 0.4) is 0 Å². The Kier molecular flexibility index (Phi) is 14.8. The average molecular weight is 405 g/mol. The molecular formula is C21H40O7. The quantitative estimate of drug-likeness (QED) is 0.230. The first-order chi connectivity index (χ1) is 13.6. The SMILES string of the molecule is CCCCCCCCCCCOC/C=C/CO[C@@H]1O[C@H](CO)[C@H](O)[C@H](O)[C@H]1O. The molecule has 0 radical (unpaired) electrons. The summed E-state index contributed by atoms with van der Waals surface area (Å²) in [5.41, 5.74) is 0. The van der Waals surface area contributed by atoms with Crippen LogP contribution in [-0.4, -0.2) is 77.6 Å². The Bertz CT molecular complexity index is 389. The van der Waals surface area contributed by atoms with E-state index >= 15 is 0 Å². The van der Waals surface area contributed by atoms with Crippen molar-refractivity contribution in [1.29, 1.82) is 0 Å². The van der Waals surface area contributed by atoms with Crippen molar-refractivity contribution in [1.82, 2.24) is 0 Å². The first-order valence-electron chi connectivity index (χ1n) is 10.8. The topological polar surface area (TPSA) is 109 Å². The van der Waals surface area contributed by atoms with Gasteiger partial charge in [-0.1, -0.05) is 70.4 Å². The molecular weight excluding hydrogens is 364 g/mol. The zero-order chi connectivity index (χ0) is 20.6. The molecule has 1 heterocycles. The van der Waals surface area contributed by atoms with Gasteiger partial charge in [-0.25, -0.2) is 0 Å². The zero-order valence-corrected chi connectivity index (χ0v) is 17.2. The van der Waals surface area contributed by atoms with Crippen LogP contribution in [0.5, 0.6) is 0 Å². The first-order valence-corrected chi connectivity index (χ1v) is 10.8. The minimum atomic E-state index is -1.42. The van der Waals surface area contributed by atoms with E-state index in [9.17, 15) is 15.3 Å². The summed E-state index contributed by atoms with van der Waals surface area (Å²) in [5.74, 6) is 0. The van der Waals surface area contributed by atoms with Gasteiger partial charge in [0.25, 0.3) is 0 Å². The third-order valence-electron chi connectivity index (χ3n) is 4.98. The number of aliphatic hydroxyl groups excluding tert-OH is 4. The molecule has 28 heavy (non-hydrogen) atoms. The summed E-state index contributed by atoms with van der Waals surface area (Å²) in [5, 5.41) is 38.4. The molecule has 0 aromatic carbocycles. The van der Waals surface area contributed by atoms with Crippen LogP contribution >= 0.6 is 0 Å². The normalized spacial score (nSPS) is 28.2. The molecule has 0 unspecified atom stereocenters. The van der Waals surface area contributed by atoms with E-state index in [1.165, 1.54) is 51.4 Å². The smallest absolute Gasteiger partial charge is 0.187 e. The Balaban J connectivity index is 1.97. The number of unbranched alkanes of at least 4 members (excludes halogenated alkanes) is 8. The Hall–Kier alpha value is -0.540. The minimum Gasteiger partial charge on any atom is -0.394 e. The van der Waals surface area contributed by atoms with Gasteiger partial charge in [-0.05, 0) is 6.42 Å². The summed E-state index contributed by atoms with van der Waals surface area (Å²) in [7, 11) is 0. The molecule has 1 rings (SSSR count). The molecule has 7 heteroatoms. The van der Waals surface area contributed by atoms with Crippen molar-refractivity contribution in [3.05, 3.63) is 12.2 Å². The zero-order valence-electron chi connectivity index (χ0n) is 17.2. The lowest BCUT2D eigenvalue weighted by molar-refractivity contribution is -0.298. The lowest BCUT2D eigenvalue weighted by Crippen LogP contribution is -2.59. The van der Waals surface area contributed by atoms with Crippen LogP contribution < -0.4 is 0 Å². The van der Waals surface area contributed by atoms with E-state index in [0.29, 0.717) is 6.61 Å². The molecule has 5 atom stereocenters. The second-order valence-corrected chi connectivity index (χ2v) is 7.41. The maximum atomic E-state index is 9.85. The fourth-order valence-corrected chi connectivity index (χ4v) is 3.16. The van der Waals surface area contributed by atoms with Gasteiger partial charge in [-0.15, -0.1) is 0 Å². The molecule has 0 amide bonds. The molecule has 1 aliphatic heterocycles. The van der Waals surface area contributed by atoms with Crippen molar-refractivity contribution in [2.24, 2.45) is 0 Å². The summed E-state index contributed by atoms with van der Waals surface area (Å²) in [6, 6.07) is 0. The van der Waals surface area contributed by atoms with Gasteiger partial charge in [0.15, 0.2) is 6.29 Å². The van der Waals surface area contributed by atoms with Crippen molar-refractivity contribution < 1.29 is 34.6 Å². The van der Waals surface area contributed by atoms with Gasteiger partial charge in [-0.3, -0.25) is 0 Å². The first kappa shape index (κ1) is 25.5. The van der Waals surface area contributed by atoms with Crippen molar-refractivity contribution >= 4 is 0 Å². The highest BCUT2D eigenvalue weighted by Crippen LogP contribution is 2.21. The Morgan fingerprint density at radius 2 is 1.39 bits per heavy atom. The van der Waals surface area contributed by atoms with E-state index in [2.05, 4.69) is 6.92 Å². The van der Waals surface area contributed by atoms with Crippen LogP contribution in [-0.2, 0) is 14.2 Å². The van der Waals surface area contributed by atoms with Crippen molar-refractivity contribution in [2.45, 2.75) is 95.4 Å². The standard InChI is InChI=1S/C21H40O7/c1-2-3-4-5-6-7-8-9-10-13-26-14-11-12-15-27-21-20(25)19(24)18(23)17(16-22)28-21/h11-12,17-25H,2-10,13-16H2,1H3/b12-11+/t17-,18+,19+,20-,21-/m1/s1. The van der Waals surface area contributed by atoms with E-state index in [1.807, 2.05) is 6.08 Å². The summed E-state index contributed by atoms with van der Waals surface area (Å²) >= 11 is 0. The van der Waals surface area contributed by atoms with Gasteiger partial charge in [0.2, 0.25) is 0 Å². The molecule has 166 valence electrons. The van der Waals surface area contributed by atoms with Crippen LogP contribution in [0.15, 0.2) is 12.2 Å². The lowest BCUT2D eigenvalue weighted by Gasteiger charge is -2.39. The summed E-state index contributed by atoms with van der Waals surface area (Å²) < 4.78 is 16.2. The van der Waals surface area contributed by atoms with Crippen LogP contribution in [0, 0.1) is 0 Å². The molecule has 0 aromatic heterocycles. The van der Waals surface area contributed by atoms with Gasteiger partial charge in [-0.2, -0.15) is 0 Å². The molecule has 1 fully saturated rings. The summed E-state index contributed by atoms with van der Waals surface area (Å²) in [6.07, 6.45) is 8.98. The predicted molar refractivity (Wildman–Crippen MR) is 107 cm³/mol. The highest BCUT2D eigenvalue weighted by Gasteiger charge is 2.43. The van der Waals surface area contributed by atoms with E-state index < -0.39 is 37.3 Å². The van der Waals surface area contributed by atoms with Gasteiger partial charge in [0.05, 0.1) is 19.8 Å². The minimum absolute atomic E-state index is 0.171. The summed E-state index contributed by atoms with van der Waals surface area (Å²) in [4.78, 5) is 0. The van der Waals surface area contributed by atoms with Crippen LogP contribution in [0.4, 0.5) is 0 Å². The number of aliphatic hydroxyl groups is 4. The van der Waals surface area contributed by atoms with Gasteiger partial charge < -0.3 is 34.6 Å². The molecule has 1 saturated heterocycles. The summed E-state index contributed by atoms with van der Waals surface area (Å²) in [6.45, 7) is 3.18. The molecule has 0 bridgehead atoms. The van der Waals surface area contributed by atoms with E-state index in [1.54, 1.807) is 6.08 Å². The number of rotatable bonds is 16. The molecule has 0 aliphatic carbocycles. The van der Waals surface area contributed by atoms with Crippen molar-refractivity contribution in [3.63, 3.8) is 0 Å². The molecule has 7 nitrogen and oxygen atoms in total. The number of ether oxygens (including phenoxy) is 3. The molecule has 0 spiro atoms. The van der Waals surface area contributed by atoms with Gasteiger partial charge in [0.1, 0.15) is 24.4 Å². The average Bonchev–Trinajstić information content (AvgIpc) is 2.70. The molecule has 1 aliphatic rings. The van der Waals surface area contributed by atoms with E-state index in [-0.39, 0.29) is 6.61 Å². The largest absolute Gasteiger partial charge is 0.394 e. The van der Waals surface area contributed by atoms with Crippen LogP contribution in [0.2, 0.25) is 0 Å². The third kappa shape index (κ3) is 10.3. The number of hydrogen-bond donors (Lipinski definition) is 4.